The van der Waals surface area contributed by atoms with Crippen LogP contribution in [-0.2, 0) is 0 Å². The zero-order chi connectivity index (χ0) is 12.6. The minimum Gasteiger partial charge on any atom is -0.478 e. The maximum absolute atomic E-state index is 13.5. The maximum Gasteiger partial charge on any atom is 0.341 e. The van der Waals surface area contributed by atoms with E-state index in [1.165, 1.54) is 0 Å². The molecule has 0 spiro atoms. The molecule has 2 aromatic rings. The Hall–Kier alpha value is -1.95. The molecule has 2 N–H and O–H groups in total. The molecule has 0 saturated heterocycles. The van der Waals surface area contributed by atoms with E-state index in [0.29, 0.717) is 6.07 Å². The predicted octanol–water partition coefficient (Wildman–Crippen LogP) is 2.71. The van der Waals surface area contributed by atoms with E-state index >= 15 is 0 Å². The highest BCUT2D eigenvalue weighted by Gasteiger charge is 2.22. The molecule has 2 rings (SSSR count). The van der Waals surface area contributed by atoms with Crippen molar-refractivity contribution in [2.24, 2.45) is 0 Å². The zero-order valence-corrected chi connectivity index (χ0v) is 8.92. The molecule has 0 aliphatic carbocycles. The van der Waals surface area contributed by atoms with Gasteiger partial charge in [-0.2, -0.15) is 5.10 Å². The molecule has 0 radical (unpaired) electrons. The number of benzene rings is 1. The largest absolute Gasteiger partial charge is 0.478 e. The van der Waals surface area contributed by atoms with Gasteiger partial charge in [-0.05, 0) is 12.1 Å². The first-order valence-electron chi connectivity index (χ1n) is 4.43. The molecule has 0 saturated carbocycles. The summed E-state index contributed by atoms with van der Waals surface area (Å²) < 4.78 is 26.2. The number of carbonyl (C=O) groups is 1. The van der Waals surface area contributed by atoms with Gasteiger partial charge in [0.1, 0.15) is 28.0 Å². The van der Waals surface area contributed by atoms with Crippen LogP contribution in [0.15, 0.2) is 18.2 Å². The lowest BCUT2D eigenvalue weighted by molar-refractivity contribution is 0.0698. The molecule has 17 heavy (non-hydrogen) atoms. The van der Waals surface area contributed by atoms with Crippen LogP contribution in [0.1, 0.15) is 10.4 Å². The Morgan fingerprint density at radius 1 is 1.41 bits per heavy atom. The van der Waals surface area contributed by atoms with Crippen LogP contribution in [0.25, 0.3) is 11.3 Å². The number of aromatic amines is 1. The molecular formula is C10H5ClF2N2O2. The Balaban J connectivity index is 2.65. The molecule has 0 aliphatic rings. The molecule has 88 valence electrons. The van der Waals surface area contributed by atoms with Crippen LogP contribution in [0, 0.1) is 11.6 Å². The second-order valence-corrected chi connectivity index (χ2v) is 3.57. The fourth-order valence-electron chi connectivity index (χ4n) is 1.39. The number of aromatic nitrogens is 2. The van der Waals surface area contributed by atoms with Crippen LogP contribution >= 0.6 is 11.6 Å². The number of rotatable bonds is 2. The highest BCUT2D eigenvalue weighted by atomic mass is 35.5. The van der Waals surface area contributed by atoms with Crippen LogP contribution in [0.5, 0.6) is 0 Å². The summed E-state index contributed by atoms with van der Waals surface area (Å²) in [5.74, 6) is -3.01. The van der Waals surface area contributed by atoms with Crippen molar-refractivity contribution < 1.29 is 18.7 Å². The van der Waals surface area contributed by atoms with Crippen molar-refractivity contribution in [1.29, 1.82) is 0 Å². The van der Waals surface area contributed by atoms with Gasteiger partial charge in [-0.1, -0.05) is 11.6 Å². The first-order chi connectivity index (χ1) is 8.00. The molecule has 0 fully saturated rings. The first-order valence-corrected chi connectivity index (χ1v) is 4.81. The van der Waals surface area contributed by atoms with Gasteiger partial charge in [-0.3, -0.25) is 5.10 Å². The lowest BCUT2D eigenvalue weighted by atomic mass is 10.1. The van der Waals surface area contributed by atoms with E-state index in [-0.39, 0.29) is 22.0 Å². The number of carboxylic acid groups (broad SMARTS) is 1. The van der Waals surface area contributed by atoms with E-state index in [9.17, 15) is 13.6 Å². The van der Waals surface area contributed by atoms with Gasteiger partial charge in [0.15, 0.2) is 0 Å². The normalized spacial score (nSPS) is 10.5. The SMILES string of the molecule is O=C(O)c1c(-c2ccc(F)cc2F)n[nH]c1Cl. The van der Waals surface area contributed by atoms with E-state index < -0.39 is 17.6 Å². The van der Waals surface area contributed by atoms with Crippen molar-refractivity contribution in [3.05, 3.63) is 40.6 Å². The van der Waals surface area contributed by atoms with Gasteiger partial charge in [0.05, 0.1) is 0 Å². The number of halogens is 3. The van der Waals surface area contributed by atoms with E-state index in [1.807, 2.05) is 0 Å². The highest BCUT2D eigenvalue weighted by Crippen LogP contribution is 2.28. The summed E-state index contributed by atoms with van der Waals surface area (Å²) >= 11 is 5.58. The molecule has 0 amide bonds. The van der Waals surface area contributed by atoms with Gasteiger partial charge in [0.2, 0.25) is 0 Å². The summed E-state index contributed by atoms with van der Waals surface area (Å²) in [6.07, 6.45) is 0. The summed E-state index contributed by atoms with van der Waals surface area (Å²) in [6, 6.07) is 2.75. The molecule has 7 heteroatoms. The molecule has 0 unspecified atom stereocenters. The van der Waals surface area contributed by atoms with Gasteiger partial charge in [0, 0.05) is 11.6 Å². The van der Waals surface area contributed by atoms with Crippen LogP contribution in [0.4, 0.5) is 8.78 Å². The van der Waals surface area contributed by atoms with Crippen molar-refractivity contribution in [3.63, 3.8) is 0 Å². The van der Waals surface area contributed by atoms with Crippen molar-refractivity contribution >= 4 is 17.6 Å². The number of H-pyrrole nitrogens is 1. The smallest absolute Gasteiger partial charge is 0.341 e. The van der Waals surface area contributed by atoms with Crippen LogP contribution in [-0.4, -0.2) is 21.3 Å². The molecule has 1 aromatic carbocycles. The lowest BCUT2D eigenvalue weighted by Gasteiger charge is -2.01. The third-order valence-electron chi connectivity index (χ3n) is 2.12. The number of hydrogen-bond acceptors (Lipinski definition) is 2. The first kappa shape index (κ1) is 11.5. The minimum atomic E-state index is -1.34. The molecule has 0 aliphatic heterocycles. The van der Waals surface area contributed by atoms with E-state index in [0.717, 1.165) is 12.1 Å². The highest BCUT2D eigenvalue weighted by molar-refractivity contribution is 6.33. The summed E-state index contributed by atoms with van der Waals surface area (Å²) in [6.45, 7) is 0. The van der Waals surface area contributed by atoms with Gasteiger partial charge in [-0.25, -0.2) is 13.6 Å². The van der Waals surface area contributed by atoms with Crippen molar-refractivity contribution in [3.8, 4) is 11.3 Å². The molecule has 0 atom stereocenters. The standard InChI is InChI=1S/C10H5ClF2N2O2/c11-9-7(10(16)17)8(14-15-9)5-2-1-4(12)3-6(5)13/h1-3H,(H,14,15)(H,16,17). The topological polar surface area (TPSA) is 66.0 Å². The number of hydrogen-bond donors (Lipinski definition) is 2. The fourth-order valence-corrected chi connectivity index (χ4v) is 1.60. The Kier molecular flexibility index (Phi) is 2.81. The van der Waals surface area contributed by atoms with Gasteiger partial charge >= 0.3 is 5.97 Å². The quantitative estimate of drug-likeness (QED) is 0.870. The lowest BCUT2D eigenvalue weighted by Crippen LogP contribution is -1.99. The van der Waals surface area contributed by atoms with Crippen molar-refractivity contribution in [2.75, 3.05) is 0 Å². The minimum absolute atomic E-state index is 0.132. The second kappa shape index (κ2) is 4.14. The summed E-state index contributed by atoms with van der Waals surface area (Å²) in [5, 5.41) is 14.5. The third kappa shape index (κ3) is 1.99. The fraction of sp³-hybridized carbons (Fsp3) is 0. The van der Waals surface area contributed by atoms with Gasteiger partial charge < -0.3 is 5.11 Å². The average Bonchev–Trinajstić information content (AvgIpc) is 2.60. The second-order valence-electron chi connectivity index (χ2n) is 3.19. The Labute approximate surface area is 98.8 Å². The van der Waals surface area contributed by atoms with Crippen molar-refractivity contribution in [1.82, 2.24) is 10.2 Å². The monoisotopic (exact) mass is 258 g/mol. The van der Waals surface area contributed by atoms with Gasteiger partial charge in [-0.15, -0.1) is 0 Å². The van der Waals surface area contributed by atoms with E-state index in [1.54, 1.807) is 0 Å². The van der Waals surface area contributed by atoms with Crippen LogP contribution in [0.2, 0.25) is 5.15 Å². The Morgan fingerprint density at radius 2 is 2.12 bits per heavy atom. The van der Waals surface area contributed by atoms with E-state index in [2.05, 4.69) is 10.2 Å². The summed E-state index contributed by atoms with van der Waals surface area (Å²) in [5.41, 5.74) is -0.649. The molecule has 1 aromatic heterocycles. The number of nitrogens with one attached hydrogen (secondary N) is 1. The molecular weight excluding hydrogens is 254 g/mol. The zero-order valence-electron chi connectivity index (χ0n) is 8.17. The average molecular weight is 259 g/mol. The summed E-state index contributed by atoms with van der Waals surface area (Å²) in [4.78, 5) is 10.9. The predicted molar refractivity (Wildman–Crippen MR) is 55.9 cm³/mol. The molecule has 0 bridgehead atoms. The Morgan fingerprint density at radius 3 is 2.71 bits per heavy atom. The number of aromatic carboxylic acids is 1. The van der Waals surface area contributed by atoms with E-state index in [4.69, 9.17) is 16.7 Å². The number of carboxylic acids is 1. The maximum atomic E-state index is 13.5. The molecule has 4 nitrogen and oxygen atoms in total. The summed E-state index contributed by atoms with van der Waals surface area (Å²) in [7, 11) is 0. The van der Waals surface area contributed by atoms with Gasteiger partial charge in [0.25, 0.3) is 0 Å². The Bertz CT molecular complexity index is 598. The molecule has 1 heterocycles. The number of nitrogens with zero attached hydrogens (tertiary/aromatic N) is 1. The van der Waals surface area contributed by atoms with Crippen LogP contribution in [0.3, 0.4) is 0 Å². The third-order valence-corrected chi connectivity index (χ3v) is 2.40. The van der Waals surface area contributed by atoms with Crippen molar-refractivity contribution in [2.45, 2.75) is 0 Å². The van der Waals surface area contributed by atoms with Crippen LogP contribution < -0.4 is 0 Å².